The van der Waals surface area contributed by atoms with Crippen molar-refractivity contribution in [2.75, 3.05) is 6.61 Å². The van der Waals surface area contributed by atoms with Gasteiger partial charge in [0, 0.05) is 16.5 Å². The van der Waals surface area contributed by atoms with Crippen LogP contribution in [0.15, 0.2) is 18.2 Å². The number of benzene rings is 1. The average Bonchev–Trinajstić information content (AvgIpc) is 2.12. The van der Waals surface area contributed by atoms with Crippen LogP contribution in [0.2, 0.25) is 5.02 Å². The Bertz CT molecular complexity index is 325. The molecule has 0 aromatic heterocycles. The summed E-state index contributed by atoms with van der Waals surface area (Å²) in [5.41, 5.74) is 0.992. The molecule has 0 saturated carbocycles. The maximum atomic E-state index is 9.55. The number of aliphatic hydroxyl groups excluding tert-OH is 1. The van der Waals surface area contributed by atoms with Gasteiger partial charge in [-0.05, 0) is 18.2 Å². The Balaban J connectivity index is 2.45. The molecule has 0 unspecified atom stereocenters. The summed E-state index contributed by atoms with van der Waals surface area (Å²) >= 11 is 5.85. The van der Waals surface area contributed by atoms with E-state index in [0.717, 1.165) is 11.3 Å². The molecule has 0 saturated heterocycles. The van der Waals surface area contributed by atoms with Crippen molar-refractivity contribution in [2.24, 2.45) is 0 Å². The Morgan fingerprint density at radius 2 is 2.31 bits per heavy atom. The van der Waals surface area contributed by atoms with Crippen molar-refractivity contribution < 1.29 is 9.84 Å². The molecule has 1 aromatic rings. The molecule has 70 valence electrons. The van der Waals surface area contributed by atoms with Gasteiger partial charge in [-0.3, -0.25) is 0 Å². The van der Waals surface area contributed by atoms with Crippen LogP contribution in [-0.2, 0) is 0 Å². The van der Waals surface area contributed by atoms with E-state index in [4.69, 9.17) is 16.3 Å². The molecular weight excluding hydrogens is 188 g/mol. The molecule has 0 aliphatic carbocycles. The van der Waals surface area contributed by atoms with Gasteiger partial charge in [0.05, 0.1) is 6.10 Å². The molecule has 1 aromatic carbocycles. The smallest absolute Gasteiger partial charge is 0.123 e. The van der Waals surface area contributed by atoms with E-state index in [9.17, 15) is 5.11 Å². The molecule has 1 N–H and O–H groups in total. The van der Waals surface area contributed by atoms with Crippen molar-refractivity contribution in [1.82, 2.24) is 0 Å². The molecule has 1 aliphatic rings. The number of hydrogen-bond acceptors (Lipinski definition) is 2. The van der Waals surface area contributed by atoms with Gasteiger partial charge in [0.25, 0.3) is 0 Å². The number of hydrogen-bond donors (Lipinski definition) is 1. The van der Waals surface area contributed by atoms with Crippen LogP contribution in [0.3, 0.4) is 0 Å². The zero-order valence-corrected chi connectivity index (χ0v) is 8.08. The van der Waals surface area contributed by atoms with Gasteiger partial charge in [0.2, 0.25) is 0 Å². The standard InChI is InChI=1S/C10H11ClO2/c1-6-8-4-7(11)2-3-10(8)13-5-9(6)12/h2-4,6,9,12H,5H2,1H3/t6-,9+/m0/s1. The molecule has 13 heavy (non-hydrogen) atoms. The Kier molecular flexibility index (Phi) is 2.18. The molecule has 0 radical (unpaired) electrons. The van der Waals surface area contributed by atoms with Crippen LogP contribution in [0, 0.1) is 0 Å². The molecule has 0 amide bonds. The summed E-state index contributed by atoms with van der Waals surface area (Å²) in [6, 6.07) is 5.49. The largest absolute Gasteiger partial charge is 0.491 e. The first-order valence-electron chi connectivity index (χ1n) is 4.29. The van der Waals surface area contributed by atoms with Crippen molar-refractivity contribution in [3.05, 3.63) is 28.8 Å². The van der Waals surface area contributed by atoms with E-state index < -0.39 is 6.10 Å². The van der Waals surface area contributed by atoms with E-state index in [1.54, 1.807) is 6.07 Å². The maximum Gasteiger partial charge on any atom is 0.123 e. The lowest BCUT2D eigenvalue weighted by atomic mass is 9.93. The van der Waals surface area contributed by atoms with Gasteiger partial charge in [-0.25, -0.2) is 0 Å². The monoisotopic (exact) mass is 198 g/mol. The Morgan fingerprint density at radius 3 is 3.08 bits per heavy atom. The van der Waals surface area contributed by atoms with Crippen molar-refractivity contribution in [3.63, 3.8) is 0 Å². The molecule has 2 rings (SSSR count). The minimum absolute atomic E-state index is 0.0995. The number of fused-ring (bicyclic) bond motifs is 1. The van der Waals surface area contributed by atoms with Gasteiger partial charge in [-0.1, -0.05) is 18.5 Å². The second-order valence-electron chi connectivity index (χ2n) is 3.35. The van der Waals surface area contributed by atoms with Crippen LogP contribution < -0.4 is 4.74 Å². The quantitative estimate of drug-likeness (QED) is 0.693. The molecule has 3 heteroatoms. The van der Waals surface area contributed by atoms with Gasteiger partial charge in [-0.15, -0.1) is 0 Å². The van der Waals surface area contributed by atoms with E-state index in [-0.39, 0.29) is 5.92 Å². The number of rotatable bonds is 0. The molecule has 2 nitrogen and oxygen atoms in total. The highest BCUT2D eigenvalue weighted by atomic mass is 35.5. The molecular formula is C10H11ClO2. The third-order valence-corrected chi connectivity index (χ3v) is 2.68. The van der Waals surface area contributed by atoms with Crippen LogP contribution in [0.5, 0.6) is 5.75 Å². The van der Waals surface area contributed by atoms with Gasteiger partial charge < -0.3 is 9.84 Å². The van der Waals surface area contributed by atoms with Crippen molar-refractivity contribution in [1.29, 1.82) is 0 Å². The minimum Gasteiger partial charge on any atom is -0.491 e. The Labute approximate surface area is 82.1 Å². The Hall–Kier alpha value is -0.730. The summed E-state index contributed by atoms with van der Waals surface area (Å²) in [5.74, 6) is 0.935. The molecule has 0 fully saturated rings. The second kappa shape index (κ2) is 3.20. The molecule has 0 bridgehead atoms. The first-order chi connectivity index (χ1) is 6.18. The number of aliphatic hydroxyl groups is 1. The summed E-state index contributed by atoms with van der Waals surface area (Å²) in [7, 11) is 0. The highest BCUT2D eigenvalue weighted by Gasteiger charge is 2.25. The van der Waals surface area contributed by atoms with E-state index >= 15 is 0 Å². The van der Waals surface area contributed by atoms with E-state index in [1.807, 2.05) is 19.1 Å². The van der Waals surface area contributed by atoms with Crippen LogP contribution in [0.1, 0.15) is 18.4 Å². The number of ether oxygens (including phenoxy) is 1. The molecule has 1 heterocycles. The van der Waals surface area contributed by atoms with Gasteiger partial charge in [-0.2, -0.15) is 0 Å². The summed E-state index contributed by atoms with van der Waals surface area (Å²) in [6.45, 7) is 2.35. The summed E-state index contributed by atoms with van der Waals surface area (Å²) in [4.78, 5) is 0. The fourth-order valence-corrected chi connectivity index (χ4v) is 1.71. The van der Waals surface area contributed by atoms with E-state index in [1.165, 1.54) is 0 Å². The highest BCUT2D eigenvalue weighted by Crippen LogP contribution is 2.35. The molecule has 2 atom stereocenters. The summed E-state index contributed by atoms with van der Waals surface area (Å²) in [6.07, 6.45) is -0.425. The second-order valence-corrected chi connectivity index (χ2v) is 3.79. The third-order valence-electron chi connectivity index (χ3n) is 2.45. The lowest BCUT2D eigenvalue weighted by molar-refractivity contribution is 0.0714. The predicted octanol–water partition coefficient (Wildman–Crippen LogP) is 2.20. The normalized spacial score (nSPS) is 26.4. The zero-order valence-electron chi connectivity index (χ0n) is 7.33. The van der Waals surface area contributed by atoms with Crippen molar-refractivity contribution in [2.45, 2.75) is 18.9 Å². The zero-order chi connectivity index (χ0) is 9.42. The van der Waals surface area contributed by atoms with E-state index in [2.05, 4.69) is 0 Å². The third kappa shape index (κ3) is 1.52. The predicted molar refractivity (Wildman–Crippen MR) is 51.4 cm³/mol. The van der Waals surface area contributed by atoms with Crippen LogP contribution in [-0.4, -0.2) is 17.8 Å². The van der Waals surface area contributed by atoms with Gasteiger partial charge in [0.1, 0.15) is 12.4 Å². The Morgan fingerprint density at radius 1 is 1.54 bits per heavy atom. The summed E-state index contributed by atoms with van der Waals surface area (Å²) < 4.78 is 5.35. The fourth-order valence-electron chi connectivity index (χ4n) is 1.53. The molecule has 0 spiro atoms. The van der Waals surface area contributed by atoms with Crippen LogP contribution >= 0.6 is 11.6 Å². The van der Waals surface area contributed by atoms with Crippen molar-refractivity contribution in [3.8, 4) is 5.75 Å². The van der Waals surface area contributed by atoms with Crippen LogP contribution in [0.25, 0.3) is 0 Å². The topological polar surface area (TPSA) is 29.5 Å². The maximum absolute atomic E-state index is 9.55. The average molecular weight is 199 g/mol. The first kappa shape index (κ1) is 8.85. The first-order valence-corrected chi connectivity index (χ1v) is 4.66. The summed E-state index contributed by atoms with van der Waals surface area (Å²) in [5, 5.41) is 10.2. The highest BCUT2D eigenvalue weighted by molar-refractivity contribution is 6.30. The van der Waals surface area contributed by atoms with E-state index in [0.29, 0.717) is 11.6 Å². The molecule has 1 aliphatic heterocycles. The van der Waals surface area contributed by atoms with Crippen LogP contribution in [0.4, 0.5) is 0 Å². The fraction of sp³-hybridized carbons (Fsp3) is 0.400. The lowest BCUT2D eigenvalue weighted by Crippen LogP contribution is -2.28. The van der Waals surface area contributed by atoms with Crippen molar-refractivity contribution >= 4 is 11.6 Å². The van der Waals surface area contributed by atoms with Gasteiger partial charge in [0.15, 0.2) is 0 Å². The SMILES string of the molecule is C[C@H]1c2cc(Cl)ccc2OC[C@H]1O. The number of halogens is 1. The van der Waals surface area contributed by atoms with Gasteiger partial charge >= 0.3 is 0 Å². The lowest BCUT2D eigenvalue weighted by Gasteiger charge is -2.27. The minimum atomic E-state index is -0.425.